The standard InChI is InChI=1S/C23H24F3N3O.C23H27N3O2.C22H24ClN3O.C22H24FN3O/c1-14-4-9-19-22(27-14)21-17-3-2-11-28(17)12-10-18(21)29(19)13-20(30)15-5-7-16(8-6-15)23(24,25)26;1-15-5-10-20-23(24-15)22-18-4-3-12-25(18)13-11-19(22)26(20)14-21(27)16-6-8-17(28-2)9-7-16;1-14-4-9-19-22(24-14)21-17-3-2-11-25(17)12-10-18(21)26(19)13-20(27)15-5-7-16(23)8-6-15;23-13-16-8-9-19-22(24-16)21-17-7-4-11-25(17)12-10-18(21)26(19)14-20(27)15-5-2-1-3-6-15/h4-9,17,20,30H,2-3,10-13H2,1H3;5-10,18,21,27H,3-4,11-14H2,1-2H3;4-9,17,20,27H,2-3,10-13H2,1H3;1-3,5-6,8-9,17,20,27H,4,7,10-14H2. The second-order valence-electron chi connectivity index (χ2n) is 31.8. The lowest BCUT2D eigenvalue weighted by molar-refractivity contribution is -0.137. The third-order valence-corrected chi connectivity index (χ3v) is 25.4. The van der Waals surface area contributed by atoms with Crippen LogP contribution in [-0.4, -0.2) is 138 Å². The largest absolute Gasteiger partial charge is 0.497 e. The van der Waals surface area contributed by atoms with Gasteiger partial charge in [0.25, 0.3) is 0 Å². The fourth-order valence-corrected chi connectivity index (χ4v) is 19.9. The summed E-state index contributed by atoms with van der Waals surface area (Å²) >= 11 is 6.00. The van der Waals surface area contributed by atoms with Crippen LogP contribution in [0.25, 0.3) is 44.1 Å². The molecule has 0 saturated carbocycles. The van der Waals surface area contributed by atoms with Gasteiger partial charge in [0.1, 0.15) is 12.4 Å². The van der Waals surface area contributed by atoms with E-state index in [2.05, 4.69) is 87.0 Å². The highest BCUT2D eigenvalue weighted by molar-refractivity contribution is 6.30. The van der Waals surface area contributed by atoms with Gasteiger partial charge in [-0.3, -0.25) is 34.6 Å². The monoisotopic (exact) mass is 1540 g/mol. The number of halogens is 5. The molecule has 8 unspecified atom stereocenters. The third-order valence-electron chi connectivity index (χ3n) is 25.2. The number of aliphatic hydroxyl groups excluding tert-OH is 4. The highest BCUT2D eigenvalue weighted by Gasteiger charge is 2.42. The van der Waals surface area contributed by atoms with E-state index in [1.807, 2.05) is 97.9 Å². The van der Waals surface area contributed by atoms with Crippen molar-refractivity contribution in [2.24, 2.45) is 0 Å². The van der Waals surface area contributed by atoms with Crippen LogP contribution in [-0.2, 0) is 64.7 Å². The van der Waals surface area contributed by atoms with Gasteiger partial charge in [0, 0.05) is 143 Å². The van der Waals surface area contributed by atoms with E-state index < -0.39 is 42.8 Å². The van der Waals surface area contributed by atoms with Gasteiger partial charge < -0.3 is 43.4 Å². The van der Waals surface area contributed by atoms with Crippen molar-refractivity contribution in [3.63, 3.8) is 0 Å². The summed E-state index contributed by atoms with van der Waals surface area (Å²) in [4.78, 5) is 29.6. The zero-order chi connectivity index (χ0) is 77.2. The second kappa shape index (κ2) is 31.8. The third kappa shape index (κ3) is 14.6. The Labute approximate surface area is 655 Å². The molecule has 4 N–H and O–H groups in total. The lowest BCUT2D eigenvalue weighted by Gasteiger charge is -2.31. The summed E-state index contributed by atoms with van der Waals surface area (Å²) in [5.41, 5.74) is 25.1. The fourth-order valence-electron chi connectivity index (χ4n) is 19.8. The molecule has 4 aromatic carbocycles. The SMILES string of the molecule is COc1ccc(C(O)Cn2c3c(c4nc(C)ccc42)C2CCCN2CC3)cc1.Cc1ccc2c(n1)c1c(n2CC(O)c2ccc(C(F)(F)F)cc2)CCN2CCCC12.Cc1ccc2c(n1)c1c(n2CC(O)c2ccc(Cl)cc2)CCN2CCCC12.OC(Cn1c2c(c3nc(CF)ccc31)C1CCCN1CC2)c1ccccc1. The molecule has 4 fully saturated rings. The molecule has 0 radical (unpaired) electrons. The summed E-state index contributed by atoms with van der Waals surface area (Å²) in [5.74, 6) is 0.806. The molecule has 8 aliphatic heterocycles. The molecule has 8 atom stereocenters. The molecule has 112 heavy (non-hydrogen) atoms. The van der Waals surface area contributed by atoms with E-state index in [1.165, 1.54) is 109 Å². The zero-order valence-electron chi connectivity index (χ0n) is 64.2. The summed E-state index contributed by atoms with van der Waals surface area (Å²) in [5, 5.41) is 44.2. The summed E-state index contributed by atoms with van der Waals surface area (Å²) in [6.45, 7) is 16.3. The van der Waals surface area contributed by atoms with E-state index in [0.717, 1.165) is 174 Å². The summed E-state index contributed by atoms with van der Waals surface area (Å²) in [6, 6.07) is 47.8. The van der Waals surface area contributed by atoms with E-state index in [1.54, 1.807) is 13.2 Å². The number of benzene rings is 4. The highest BCUT2D eigenvalue weighted by atomic mass is 35.5. The van der Waals surface area contributed by atoms with Crippen molar-refractivity contribution in [1.82, 2.24) is 57.8 Å². The molecule has 0 spiro atoms. The summed E-state index contributed by atoms with van der Waals surface area (Å²) in [7, 11) is 1.66. The van der Waals surface area contributed by atoms with Crippen molar-refractivity contribution in [3.8, 4) is 5.75 Å². The number of hydrogen-bond donors (Lipinski definition) is 4. The lowest BCUT2D eigenvalue weighted by atomic mass is 9.98. The molecule has 22 heteroatoms. The van der Waals surface area contributed by atoms with Gasteiger partial charge in [0.2, 0.25) is 0 Å². The minimum absolute atomic E-state index is 0.300. The lowest BCUT2D eigenvalue weighted by Crippen LogP contribution is -2.31. The van der Waals surface area contributed by atoms with Gasteiger partial charge in [-0.05, 0) is 205 Å². The van der Waals surface area contributed by atoms with Gasteiger partial charge in [0.15, 0.2) is 0 Å². The van der Waals surface area contributed by atoms with E-state index in [9.17, 15) is 38.0 Å². The second-order valence-corrected chi connectivity index (χ2v) is 32.3. The minimum Gasteiger partial charge on any atom is -0.497 e. The van der Waals surface area contributed by atoms with Gasteiger partial charge >= 0.3 is 6.18 Å². The summed E-state index contributed by atoms with van der Waals surface area (Å²) in [6.07, 6.45) is 6.48. The molecular weight excluding hydrogens is 1440 g/mol. The van der Waals surface area contributed by atoms with Crippen molar-refractivity contribution in [3.05, 3.63) is 252 Å². The Morgan fingerprint density at radius 1 is 0.402 bits per heavy atom. The number of fused-ring (bicyclic) bond motifs is 20. The predicted molar refractivity (Wildman–Crippen MR) is 429 cm³/mol. The average molecular weight is 1540 g/mol. The van der Waals surface area contributed by atoms with Crippen LogP contribution in [0.1, 0.15) is 196 Å². The molecular formula is C90H99ClF4N12O5. The smallest absolute Gasteiger partial charge is 0.416 e. The number of aromatic nitrogens is 8. The van der Waals surface area contributed by atoms with Crippen LogP contribution >= 0.6 is 11.6 Å². The van der Waals surface area contributed by atoms with E-state index in [4.69, 9.17) is 31.3 Å². The van der Waals surface area contributed by atoms with E-state index in [0.29, 0.717) is 66.6 Å². The minimum atomic E-state index is -4.38. The Kier molecular flexibility index (Phi) is 21.5. The fraction of sp³-hybridized carbons (Fsp3) is 0.422. The molecule has 12 aromatic rings. The van der Waals surface area contributed by atoms with E-state index >= 15 is 0 Å². The van der Waals surface area contributed by atoms with Crippen LogP contribution in [0.4, 0.5) is 17.6 Å². The van der Waals surface area contributed by atoms with Crippen LogP contribution in [0, 0.1) is 20.8 Å². The topological polar surface area (TPSA) is 174 Å². The molecule has 8 aromatic heterocycles. The first-order valence-electron chi connectivity index (χ1n) is 40.2. The number of methoxy groups -OCH3 is 1. The maximum absolute atomic E-state index is 13.3. The van der Waals surface area contributed by atoms with Gasteiger partial charge in [0.05, 0.1) is 113 Å². The number of aryl methyl sites for hydroxylation is 3. The molecule has 20 rings (SSSR count). The van der Waals surface area contributed by atoms with Crippen molar-refractivity contribution in [2.75, 3.05) is 59.5 Å². The number of pyridine rings is 4. The Balaban J connectivity index is 0.000000108. The maximum Gasteiger partial charge on any atom is 0.416 e. The van der Waals surface area contributed by atoms with Crippen LogP contribution in [0.5, 0.6) is 5.75 Å². The number of hydrogen-bond acceptors (Lipinski definition) is 13. The number of alkyl halides is 4. The van der Waals surface area contributed by atoms with Crippen LogP contribution < -0.4 is 4.74 Å². The molecule has 16 heterocycles. The van der Waals surface area contributed by atoms with Gasteiger partial charge in [-0.15, -0.1) is 0 Å². The quantitative estimate of drug-likeness (QED) is 0.0758. The number of ether oxygens (including phenoxy) is 1. The number of aliphatic hydroxyl groups is 4. The molecule has 584 valence electrons. The summed E-state index contributed by atoms with van der Waals surface area (Å²) < 4.78 is 66.1. The van der Waals surface area contributed by atoms with Crippen LogP contribution in [0.2, 0.25) is 5.02 Å². The first-order chi connectivity index (χ1) is 54.4. The molecule has 8 aliphatic rings. The van der Waals surface area contributed by atoms with Crippen molar-refractivity contribution < 1.29 is 42.7 Å². The Morgan fingerprint density at radius 3 is 1.04 bits per heavy atom. The van der Waals surface area contributed by atoms with Crippen molar-refractivity contribution >= 4 is 55.7 Å². The Bertz CT molecular complexity index is 5390. The van der Waals surface area contributed by atoms with Crippen LogP contribution in [0.15, 0.2) is 152 Å². The van der Waals surface area contributed by atoms with Crippen molar-refractivity contribution in [1.29, 1.82) is 0 Å². The molecule has 0 aliphatic carbocycles. The first kappa shape index (κ1) is 75.8. The molecule has 0 amide bonds. The van der Waals surface area contributed by atoms with Gasteiger partial charge in [-0.25, -0.2) is 9.37 Å². The average Bonchev–Trinajstić information content (AvgIpc) is 1.60. The molecule has 4 saturated heterocycles. The molecule has 0 bridgehead atoms. The van der Waals surface area contributed by atoms with Crippen molar-refractivity contribution in [2.45, 2.75) is 185 Å². The van der Waals surface area contributed by atoms with Crippen LogP contribution in [0.3, 0.4) is 0 Å². The maximum atomic E-state index is 13.3. The Morgan fingerprint density at radius 2 is 0.714 bits per heavy atom. The predicted octanol–water partition coefficient (Wildman–Crippen LogP) is 16.9. The zero-order valence-corrected chi connectivity index (χ0v) is 64.9. The van der Waals surface area contributed by atoms with Gasteiger partial charge in [-0.1, -0.05) is 78.3 Å². The number of nitrogens with zero attached hydrogens (tertiary/aromatic N) is 12. The van der Waals surface area contributed by atoms with E-state index in [-0.39, 0.29) is 0 Å². The Hall–Kier alpha value is -8.87. The highest BCUT2D eigenvalue weighted by Crippen LogP contribution is 2.48. The first-order valence-corrected chi connectivity index (χ1v) is 40.6. The number of rotatable bonds is 14. The normalized spacial score (nSPS) is 20.4. The molecule has 17 nitrogen and oxygen atoms in total. The van der Waals surface area contributed by atoms with Gasteiger partial charge in [-0.2, -0.15) is 13.2 Å².